The van der Waals surface area contributed by atoms with Gasteiger partial charge in [0.05, 0.1) is 18.9 Å². The topological polar surface area (TPSA) is 43.4 Å². The monoisotopic (exact) mass is 194 g/mol. The first kappa shape index (κ1) is 9.43. The summed E-state index contributed by atoms with van der Waals surface area (Å²) in [5, 5.41) is 3.05. The zero-order chi connectivity index (χ0) is 9.80. The van der Waals surface area contributed by atoms with E-state index in [1.807, 2.05) is 19.2 Å². The second-order valence-electron chi connectivity index (χ2n) is 3.29. The highest BCUT2D eigenvalue weighted by atomic mass is 16.6. The maximum atomic E-state index is 5.64. The van der Waals surface area contributed by atoms with Crippen molar-refractivity contribution in [2.75, 3.05) is 20.3 Å². The van der Waals surface area contributed by atoms with Crippen molar-refractivity contribution in [2.24, 2.45) is 0 Å². The third-order valence-corrected chi connectivity index (χ3v) is 2.06. The highest BCUT2D eigenvalue weighted by molar-refractivity contribution is 5.23. The summed E-state index contributed by atoms with van der Waals surface area (Å²) in [4.78, 5) is 4.21. The summed E-state index contributed by atoms with van der Waals surface area (Å²) >= 11 is 0. The Morgan fingerprint density at radius 2 is 2.50 bits per heavy atom. The van der Waals surface area contributed by atoms with Crippen molar-refractivity contribution in [3.8, 4) is 5.75 Å². The molecule has 0 aliphatic carbocycles. The van der Waals surface area contributed by atoms with Crippen LogP contribution < -0.4 is 10.1 Å². The van der Waals surface area contributed by atoms with E-state index in [2.05, 4.69) is 10.3 Å². The molecule has 76 valence electrons. The lowest BCUT2D eigenvalue weighted by atomic mass is 10.3. The predicted octanol–water partition coefficient (Wildman–Crippen LogP) is 0.579. The van der Waals surface area contributed by atoms with Crippen LogP contribution in [0.5, 0.6) is 5.75 Å². The van der Waals surface area contributed by atoms with Crippen molar-refractivity contribution in [1.29, 1.82) is 0 Å². The highest BCUT2D eigenvalue weighted by Gasteiger charge is 2.19. The van der Waals surface area contributed by atoms with Gasteiger partial charge in [-0.2, -0.15) is 0 Å². The third kappa shape index (κ3) is 2.21. The van der Waals surface area contributed by atoms with E-state index in [1.165, 1.54) is 0 Å². The van der Waals surface area contributed by atoms with Gasteiger partial charge in [0.2, 0.25) is 0 Å². The fraction of sp³-hybridized carbons (Fsp3) is 0.500. The van der Waals surface area contributed by atoms with Gasteiger partial charge in [-0.05, 0) is 13.1 Å². The van der Waals surface area contributed by atoms with E-state index in [1.54, 1.807) is 6.20 Å². The maximum absolute atomic E-state index is 5.64. The molecule has 0 atom stereocenters. The summed E-state index contributed by atoms with van der Waals surface area (Å²) in [7, 11) is 1.90. The van der Waals surface area contributed by atoms with Crippen molar-refractivity contribution < 1.29 is 9.47 Å². The van der Waals surface area contributed by atoms with Crippen LogP contribution in [0.1, 0.15) is 5.69 Å². The normalized spacial score (nSPS) is 16.4. The van der Waals surface area contributed by atoms with Crippen LogP contribution in [-0.4, -0.2) is 31.3 Å². The summed E-state index contributed by atoms with van der Waals surface area (Å²) in [5.74, 6) is 0.874. The van der Waals surface area contributed by atoms with Gasteiger partial charge in [-0.1, -0.05) is 0 Å². The van der Waals surface area contributed by atoms with Gasteiger partial charge in [-0.3, -0.25) is 4.98 Å². The Balaban J connectivity index is 1.97. The van der Waals surface area contributed by atoms with E-state index in [0.717, 1.165) is 18.0 Å². The molecule has 1 aromatic heterocycles. The van der Waals surface area contributed by atoms with E-state index < -0.39 is 0 Å². The minimum atomic E-state index is 0.222. The molecule has 1 saturated heterocycles. The Morgan fingerprint density at radius 1 is 1.64 bits per heavy atom. The van der Waals surface area contributed by atoms with Gasteiger partial charge >= 0.3 is 0 Å². The molecular formula is C10H14N2O2. The smallest absolute Gasteiger partial charge is 0.145 e. The highest BCUT2D eigenvalue weighted by Crippen LogP contribution is 2.16. The Morgan fingerprint density at radius 3 is 3.14 bits per heavy atom. The van der Waals surface area contributed by atoms with Gasteiger partial charge < -0.3 is 14.8 Å². The van der Waals surface area contributed by atoms with Crippen molar-refractivity contribution in [1.82, 2.24) is 10.3 Å². The number of nitrogens with zero attached hydrogens (tertiary/aromatic N) is 1. The molecule has 2 rings (SSSR count). The molecule has 4 heteroatoms. The molecule has 0 unspecified atom stereocenters. The summed E-state index contributed by atoms with van der Waals surface area (Å²) < 4.78 is 10.7. The molecule has 0 spiro atoms. The molecule has 2 heterocycles. The standard InChI is InChI=1S/C10H14N2O2/c1-11-5-8-4-9(2-3-12-8)14-10-6-13-7-10/h2-4,10-11H,5-7H2,1H3. The van der Waals surface area contributed by atoms with Crippen LogP contribution in [0, 0.1) is 0 Å². The van der Waals surface area contributed by atoms with Gasteiger partial charge in [-0.15, -0.1) is 0 Å². The molecule has 0 bridgehead atoms. The van der Waals surface area contributed by atoms with Gasteiger partial charge in [0, 0.05) is 18.8 Å². The third-order valence-electron chi connectivity index (χ3n) is 2.06. The number of ether oxygens (including phenoxy) is 2. The predicted molar refractivity (Wildman–Crippen MR) is 52.2 cm³/mol. The fourth-order valence-corrected chi connectivity index (χ4v) is 1.28. The average Bonchev–Trinajstić information content (AvgIpc) is 2.13. The van der Waals surface area contributed by atoms with Crippen molar-refractivity contribution in [3.63, 3.8) is 0 Å². The molecule has 1 aromatic rings. The zero-order valence-electron chi connectivity index (χ0n) is 8.19. The summed E-state index contributed by atoms with van der Waals surface area (Å²) in [6.45, 7) is 2.16. The molecule has 4 nitrogen and oxygen atoms in total. The summed E-state index contributed by atoms with van der Waals surface area (Å²) in [6, 6.07) is 3.83. The second-order valence-corrected chi connectivity index (χ2v) is 3.29. The van der Waals surface area contributed by atoms with Crippen LogP contribution in [-0.2, 0) is 11.3 Å². The Labute approximate surface area is 83.2 Å². The number of pyridine rings is 1. The second kappa shape index (κ2) is 4.39. The molecule has 0 aromatic carbocycles. The lowest BCUT2D eigenvalue weighted by molar-refractivity contribution is -0.0797. The molecular weight excluding hydrogens is 180 g/mol. The van der Waals surface area contributed by atoms with Crippen molar-refractivity contribution in [2.45, 2.75) is 12.6 Å². The average molecular weight is 194 g/mol. The molecule has 1 fully saturated rings. The van der Waals surface area contributed by atoms with Crippen molar-refractivity contribution >= 4 is 0 Å². The largest absolute Gasteiger partial charge is 0.485 e. The first-order chi connectivity index (χ1) is 6.88. The van der Waals surface area contributed by atoms with E-state index in [-0.39, 0.29) is 6.10 Å². The molecule has 14 heavy (non-hydrogen) atoms. The Hall–Kier alpha value is -1.13. The van der Waals surface area contributed by atoms with E-state index in [0.29, 0.717) is 13.2 Å². The van der Waals surface area contributed by atoms with Crippen LogP contribution in [0.4, 0.5) is 0 Å². The van der Waals surface area contributed by atoms with Gasteiger partial charge in [-0.25, -0.2) is 0 Å². The molecule has 0 amide bonds. The fourth-order valence-electron chi connectivity index (χ4n) is 1.28. The maximum Gasteiger partial charge on any atom is 0.145 e. The van der Waals surface area contributed by atoms with Crippen LogP contribution >= 0.6 is 0 Å². The molecule has 0 radical (unpaired) electrons. The number of aromatic nitrogens is 1. The van der Waals surface area contributed by atoms with Gasteiger partial charge in [0.1, 0.15) is 11.9 Å². The lowest BCUT2D eigenvalue weighted by Gasteiger charge is -2.26. The number of nitrogens with one attached hydrogen (secondary N) is 1. The Kier molecular flexibility index (Phi) is 2.96. The summed E-state index contributed by atoms with van der Waals surface area (Å²) in [5.41, 5.74) is 0.991. The Bertz CT molecular complexity index is 300. The molecule has 0 saturated carbocycles. The first-order valence-corrected chi connectivity index (χ1v) is 4.72. The summed E-state index contributed by atoms with van der Waals surface area (Å²) in [6.07, 6.45) is 1.99. The number of hydrogen-bond donors (Lipinski definition) is 1. The quantitative estimate of drug-likeness (QED) is 0.761. The molecule has 1 aliphatic heterocycles. The first-order valence-electron chi connectivity index (χ1n) is 4.72. The van der Waals surface area contributed by atoms with Crippen LogP contribution in [0.2, 0.25) is 0 Å². The van der Waals surface area contributed by atoms with Crippen LogP contribution in [0.25, 0.3) is 0 Å². The molecule has 1 aliphatic rings. The minimum Gasteiger partial charge on any atom is -0.485 e. The SMILES string of the molecule is CNCc1cc(OC2COC2)ccn1. The van der Waals surface area contributed by atoms with E-state index in [4.69, 9.17) is 9.47 Å². The van der Waals surface area contributed by atoms with E-state index in [9.17, 15) is 0 Å². The van der Waals surface area contributed by atoms with Gasteiger partial charge in [0.15, 0.2) is 0 Å². The number of hydrogen-bond acceptors (Lipinski definition) is 4. The lowest BCUT2D eigenvalue weighted by Crippen LogP contribution is -2.38. The molecule has 1 N–H and O–H groups in total. The van der Waals surface area contributed by atoms with Crippen LogP contribution in [0.3, 0.4) is 0 Å². The number of rotatable bonds is 4. The van der Waals surface area contributed by atoms with Crippen molar-refractivity contribution in [3.05, 3.63) is 24.0 Å². The minimum absolute atomic E-state index is 0.222. The van der Waals surface area contributed by atoms with E-state index >= 15 is 0 Å². The van der Waals surface area contributed by atoms with Crippen LogP contribution in [0.15, 0.2) is 18.3 Å². The zero-order valence-corrected chi connectivity index (χ0v) is 8.19. The van der Waals surface area contributed by atoms with Gasteiger partial charge in [0.25, 0.3) is 0 Å².